The third kappa shape index (κ3) is 3.05. The van der Waals surface area contributed by atoms with Gasteiger partial charge < -0.3 is 5.32 Å². The molecular weight excluding hydrogens is 246 g/mol. The van der Waals surface area contributed by atoms with Crippen LogP contribution in [0.15, 0.2) is 43.0 Å². The van der Waals surface area contributed by atoms with E-state index in [1.54, 1.807) is 6.33 Å². The van der Waals surface area contributed by atoms with E-state index in [1.165, 1.54) is 30.4 Å². The minimum atomic E-state index is 0.414. The normalized spacial score (nSPS) is 16.6. The molecule has 3 rings (SSSR count). The van der Waals surface area contributed by atoms with Crippen LogP contribution in [0.3, 0.4) is 0 Å². The molecule has 3 heteroatoms. The summed E-state index contributed by atoms with van der Waals surface area (Å²) in [6.45, 7) is 3.38. The van der Waals surface area contributed by atoms with Crippen LogP contribution in [-0.2, 0) is 0 Å². The molecule has 20 heavy (non-hydrogen) atoms. The fraction of sp³-hybridized carbons (Fsp3) is 0.412. The van der Waals surface area contributed by atoms with Crippen LogP contribution in [0.1, 0.15) is 37.8 Å². The van der Waals surface area contributed by atoms with Crippen LogP contribution in [0.4, 0.5) is 0 Å². The zero-order valence-corrected chi connectivity index (χ0v) is 11.9. The van der Waals surface area contributed by atoms with Crippen LogP contribution in [0.5, 0.6) is 0 Å². The Bertz CT molecular complexity index is 532. The van der Waals surface area contributed by atoms with E-state index in [-0.39, 0.29) is 0 Å². The fourth-order valence-electron chi connectivity index (χ4n) is 2.57. The highest BCUT2D eigenvalue weighted by Gasteiger charge is 2.17. The minimum absolute atomic E-state index is 0.414. The standard InChI is InChI=1S/C17H21N3/c1-13(20-9-14-3-2-4-14)15-5-7-16(8-6-15)17-10-18-12-19-11-17/h5-8,10-14,20H,2-4,9H2,1H3/t13-/m0/s1. The number of nitrogens with zero attached hydrogens (tertiary/aromatic N) is 2. The van der Waals surface area contributed by atoms with Crippen molar-refractivity contribution in [3.05, 3.63) is 48.5 Å². The zero-order chi connectivity index (χ0) is 13.8. The van der Waals surface area contributed by atoms with Crippen molar-refractivity contribution in [2.24, 2.45) is 5.92 Å². The van der Waals surface area contributed by atoms with Gasteiger partial charge in [-0.1, -0.05) is 30.7 Å². The molecule has 1 aromatic heterocycles. The number of rotatable bonds is 5. The molecule has 1 aromatic carbocycles. The topological polar surface area (TPSA) is 37.8 Å². The second-order valence-corrected chi connectivity index (χ2v) is 5.68. The number of benzene rings is 1. The minimum Gasteiger partial charge on any atom is -0.310 e. The van der Waals surface area contributed by atoms with Crippen molar-refractivity contribution in [1.82, 2.24) is 15.3 Å². The van der Waals surface area contributed by atoms with Crippen molar-refractivity contribution in [1.29, 1.82) is 0 Å². The predicted octanol–water partition coefficient (Wildman–Crippen LogP) is 3.59. The van der Waals surface area contributed by atoms with E-state index in [0.717, 1.165) is 18.0 Å². The lowest BCUT2D eigenvalue weighted by Crippen LogP contribution is -2.29. The summed E-state index contributed by atoms with van der Waals surface area (Å²) < 4.78 is 0. The molecule has 1 aliphatic rings. The Labute approximate surface area is 120 Å². The number of hydrogen-bond donors (Lipinski definition) is 1. The third-order valence-electron chi connectivity index (χ3n) is 4.24. The van der Waals surface area contributed by atoms with Gasteiger partial charge in [0, 0.05) is 24.0 Å². The molecule has 0 unspecified atom stereocenters. The van der Waals surface area contributed by atoms with Gasteiger partial charge in [-0.05, 0) is 43.4 Å². The molecule has 0 radical (unpaired) electrons. The molecule has 1 atom stereocenters. The largest absolute Gasteiger partial charge is 0.310 e. The average molecular weight is 267 g/mol. The van der Waals surface area contributed by atoms with Crippen molar-refractivity contribution in [3.8, 4) is 11.1 Å². The molecule has 3 nitrogen and oxygen atoms in total. The van der Waals surface area contributed by atoms with Crippen LogP contribution in [0.25, 0.3) is 11.1 Å². The molecular formula is C17H21N3. The first kappa shape index (κ1) is 13.3. The highest BCUT2D eigenvalue weighted by atomic mass is 14.9. The number of aromatic nitrogens is 2. The molecule has 104 valence electrons. The van der Waals surface area contributed by atoms with Gasteiger partial charge in [-0.15, -0.1) is 0 Å². The van der Waals surface area contributed by atoms with Gasteiger partial charge in [-0.2, -0.15) is 0 Å². The van der Waals surface area contributed by atoms with E-state index in [4.69, 9.17) is 0 Å². The van der Waals surface area contributed by atoms with E-state index in [9.17, 15) is 0 Å². The summed E-state index contributed by atoms with van der Waals surface area (Å²) in [5, 5.41) is 3.64. The highest BCUT2D eigenvalue weighted by molar-refractivity contribution is 5.61. The van der Waals surface area contributed by atoms with E-state index in [2.05, 4.69) is 46.5 Å². The van der Waals surface area contributed by atoms with Crippen molar-refractivity contribution < 1.29 is 0 Å². The summed E-state index contributed by atoms with van der Waals surface area (Å²) in [5.74, 6) is 0.901. The SMILES string of the molecule is C[C@H](NCC1CCC1)c1ccc(-c2cncnc2)cc1. The Balaban J connectivity index is 1.63. The first-order valence-electron chi connectivity index (χ1n) is 7.41. The molecule has 0 bridgehead atoms. The molecule has 0 saturated heterocycles. The van der Waals surface area contributed by atoms with Crippen molar-refractivity contribution >= 4 is 0 Å². The van der Waals surface area contributed by atoms with Gasteiger partial charge in [0.15, 0.2) is 0 Å². The quantitative estimate of drug-likeness (QED) is 0.899. The van der Waals surface area contributed by atoms with Gasteiger partial charge in [-0.25, -0.2) is 9.97 Å². The lowest BCUT2D eigenvalue weighted by Gasteiger charge is -2.27. The van der Waals surface area contributed by atoms with Crippen LogP contribution >= 0.6 is 0 Å². The van der Waals surface area contributed by atoms with Gasteiger partial charge in [0.1, 0.15) is 6.33 Å². The molecule has 1 aliphatic carbocycles. The molecule has 1 heterocycles. The van der Waals surface area contributed by atoms with E-state index < -0.39 is 0 Å². The maximum Gasteiger partial charge on any atom is 0.115 e. The summed E-state index contributed by atoms with van der Waals surface area (Å²) in [4.78, 5) is 8.12. The second kappa shape index (κ2) is 6.14. The zero-order valence-electron chi connectivity index (χ0n) is 11.9. The average Bonchev–Trinajstić information content (AvgIpc) is 2.46. The summed E-state index contributed by atoms with van der Waals surface area (Å²) in [6.07, 6.45) is 9.46. The van der Waals surface area contributed by atoms with E-state index in [0.29, 0.717) is 6.04 Å². The number of hydrogen-bond acceptors (Lipinski definition) is 3. The summed E-state index contributed by atoms with van der Waals surface area (Å²) in [6, 6.07) is 9.10. The van der Waals surface area contributed by atoms with Crippen LogP contribution in [0, 0.1) is 5.92 Å². The van der Waals surface area contributed by atoms with Crippen LogP contribution in [0.2, 0.25) is 0 Å². The fourth-order valence-corrected chi connectivity index (χ4v) is 2.57. The number of nitrogens with one attached hydrogen (secondary N) is 1. The lowest BCUT2D eigenvalue weighted by atomic mass is 9.85. The Morgan fingerprint density at radius 1 is 1.10 bits per heavy atom. The maximum atomic E-state index is 4.06. The highest BCUT2D eigenvalue weighted by Crippen LogP contribution is 2.26. The van der Waals surface area contributed by atoms with Gasteiger partial charge in [0.25, 0.3) is 0 Å². The Morgan fingerprint density at radius 2 is 1.80 bits per heavy atom. The first-order valence-corrected chi connectivity index (χ1v) is 7.41. The van der Waals surface area contributed by atoms with Gasteiger partial charge in [-0.3, -0.25) is 0 Å². The van der Waals surface area contributed by atoms with Gasteiger partial charge in [0.05, 0.1) is 0 Å². The molecule has 0 spiro atoms. The molecule has 2 aromatic rings. The Kier molecular flexibility index (Phi) is 4.07. The first-order chi connectivity index (χ1) is 9.83. The molecule has 1 N–H and O–H groups in total. The van der Waals surface area contributed by atoms with Gasteiger partial charge in [0.2, 0.25) is 0 Å². The maximum absolute atomic E-state index is 4.06. The van der Waals surface area contributed by atoms with Crippen molar-refractivity contribution in [2.75, 3.05) is 6.54 Å². The summed E-state index contributed by atoms with van der Waals surface area (Å²) in [5.41, 5.74) is 3.57. The molecule has 0 amide bonds. The van der Waals surface area contributed by atoms with Crippen molar-refractivity contribution in [2.45, 2.75) is 32.2 Å². The molecule has 1 saturated carbocycles. The second-order valence-electron chi connectivity index (χ2n) is 5.68. The van der Waals surface area contributed by atoms with E-state index in [1.807, 2.05) is 12.4 Å². The third-order valence-corrected chi connectivity index (χ3v) is 4.24. The molecule has 0 aliphatic heterocycles. The summed E-state index contributed by atoms with van der Waals surface area (Å²) in [7, 11) is 0. The Hall–Kier alpha value is -1.74. The van der Waals surface area contributed by atoms with Gasteiger partial charge >= 0.3 is 0 Å². The Morgan fingerprint density at radius 3 is 2.40 bits per heavy atom. The van der Waals surface area contributed by atoms with Crippen LogP contribution in [-0.4, -0.2) is 16.5 Å². The monoisotopic (exact) mass is 267 g/mol. The summed E-state index contributed by atoms with van der Waals surface area (Å²) >= 11 is 0. The predicted molar refractivity (Wildman–Crippen MR) is 81.2 cm³/mol. The molecule has 1 fully saturated rings. The van der Waals surface area contributed by atoms with Crippen LogP contribution < -0.4 is 5.32 Å². The van der Waals surface area contributed by atoms with E-state index >= 15 is 0 Å². The smallest absolute Gasteiger partial charge is 0.115 e. The van der Waals surface area contributed by atoms with Crippen molar-refractivity contribution in [3.63, 3.8) is 0 Å². The lowest BCUT2D eigenvalue weighted by molar-refractivity contribution is 0.292.